The number of methoxy groups -OCH3 is 1. The molecule has 2 rings (SSSR count). The minimum atomic E-state index is 0.0447. The highest BCUT2D eigenvalue weighted by Gasteiger charge is 2.11. The highest BCUT2D eigenvalue weighted by molar-refractivity contribution is 6.33. The Hall–Kier alpha value is -1.61. The largest absolute Gasteiger partial charge is 0.497 e. The van der Waals surface area contributed by atoms with Crippen molar-refractivity contribution in [3.05, 3.63) is 46.9 Å². The van der Waals surface area contributed by atoms with Crippen molar-refractivity contribution in [2.24, 2.45) is 0 Å². The smallest absolute Gasteiger partial charge is 0.126 e. The van der Waals surface area contributed by atoms with Gasteiger partial charge < -0.3 is 14.5 Å². The molecule has 4 heteroatoms. The average molecular weight is 266 g/mol. The first kappa shape index (κ1) is 12.8. The number of furan rings is 1. The molecule has 1 N–H and O–H groups in total. The fraction of sp³-hybridized carbons (Fsp3) is 0.286. The molecule has 1 heterocycles. The normalized spacial score (nSPS) is 12.2. The molecular formula is C14H16ClNO2. The summed E-state index contributed by atoms with van der Waals surface area (Å²) >= 11 is 6.14. The molecule has 1 aromatic heterocycles. The van der Waals surface area contributed by atoms with Crippen LogP contribution in [-0.4, -0.2) is 7.11 Å². The third-order valence-electron chi connectivity index (χ3n) is 2.73. The van der Waals surface area contributed by atoms with Crippen molar-refractivity contribution in [3.8, 4) is 5.75 Å². The molecule has 0 saturated carbocycles. The summed E-state index contributed by atoms with van der Waals surface area (Å²) in [5.41, 5.74) is 0.831. The van der Waals surface area contributed by atoms with Crippen LogP contribution in [0.25, 0.3) is 0 Å². The Labute approximate surface area is 112 Å². The van der Waals surface area contributed by atoms with E-state index >= 15 is 0 Å². The molecule has 1 unspecified atom stereocenters. The van der Waals surface area contributed by atoms with E-state index in [0.29, 0.717) is 5.02 Å². The Balaban J connectivity index is 2.18. The van der Waals surface area contributed by atoms with Crippen LogP contribution in [0, 0.1) is 6.92 Å². The Kier molecular flexibility index (Phi) is 3.82. The van der Waals surface area contributed by atoms with Crippen molar-refractivity contribution in [2.45, 2.75) is 19.9 Å². The van der Waals surface area contributed by atoms with Gasteiger partial charge in [0.05, 0.1) is 23.9 Å². The van der Waals surface area contributed by atoms with Gasteiger partial charge in [-0.15, -0.1) is 0 Å². The van der Waals surface area contributed by atoms with Crippen LogP contribution < -0.4 is 10.1 Å². The maximum Gasteiger partial charge on any atom is 0.126 e. The van der Waals surface area contributed by atoms with E-state index in [9.17, 15) is 0 Å². The molecule has 0 aliphatic rings. The molecule has 1 aromatic carbocycles. The maximum absolute atomic E-state index is 6.14. The van der Waals surface area contributed by atoms with E-state index in [1.165, 1.54) is 0 Å². The van der Waals surface area contributed by atoms with Gasteiger partial charge in [-0.2, -0.15) is 0 Å². The minimum absolute atomic E-state index is 0.0447. The standard InChI is InChI=1S/C14H16ClNO2/c1-9-4-7-14(18-9)10(2)16-13-8-11(17-3)5-6-12(13)15/h4-8,10,16H,1-3H3. The van der Waals surface area contributed by atoms with Crippen molar-refractivity contribution in [3.63, 3.8) is 0 Å². The van der Waals surface area contributed by atoms with E-state index in [-0.39, 0.29) is 6.04 Å². The quantitative estimate of drug-likeness (QED) is 0.888. The summed E-state index contributed by atoms with van der Waals surface area (Å²) in [5, 5.41) is 3.97. The molecule has 3 nitrogen and oxygen atoms in total. The Bertz CT molecular complexity index is 536. The van der Waals surface area contributed by atoms with Gasteiger partial charge in [-0.05, 0) is 38.1 Å². The van der Waals surface area contributed by atoms with Crippen LogP contribution in [0.5, 0.6) is 5.75 Å². The van der Waals surface area contributed by atoms with Crippen molar-refractivity contribution in [1.29, 1.82) is 0 Å². The first-order chi connectivity index (χ1) is 8.60. The van der Waals surface area contributed by atoms with E-state index < -0.39 is 0 Å². The zero-order valence-electron chi connectivity index (χ0n) is 10.7. The predicted molar refractivity (Wildman–Crippen MR) is 73.5 cm³/mol. The molecule has 96 valence electrons. The van der Waals surface area contributed by atoms with E-state index in [4.69, 9.17) is 20.8 Å². The lowest BCUT2D eigenvalue weighted by Gasteiger charge is -2.15. The molecule has 0 radical (unpaired) electrons. The maximum atomic E-state index is 6.14. The number of hydrogen-bond donors (Lipinski definition) is 1. The summed E-state index contributed by atoms with van der Waals surface area (Å²) in [7, 11) is 1.63. The van der Waals surface area contributed by atoms with E-state index in [1.54, 1.807) is 7.11 Å². The number of ether oxygens (including phenoxy) is 1. The SMILES string of the molecule is COc1ccc(Cl)c(NC(C)c2ccc(C)o2)c1. The van der Waals surface area contributed by atoms with Crippen molar-refractivity contribution in [1.82, 2.24) is 0 Å². The second-order valence-electron chi connectivity index (χ2n) is 4.16. The van der Waals surface area contributed by atoms with Gasteiger partial charge in [0.1, 0.15) is 17.3 Å². The second kappa shape index (κ2) is 5.36. The number of anilines is 1. The fourth-order valence-electron chi connectivity index (χ4n) is 1.73. The summed E-state index contributed by atoms with van der Waals surface area (Å²) in [6.45, 7) is 3.95. The molecule has 0 fully saturated rings. The molecule has 0 aliphatic carbocycles. The molecule has 2 aromatic rings. The highest BCUT2D eigenvalue weighted by atomic mass is 35.5. The van der Waals surface area contributed by atoms with Crippen LogP contribution in [0.15, 0.2) is 34.7 Å². The van der Waals surface area contributed by atoms with Gasteiger partial charge in [-0.3, -0.25) is 0 Å². The molecular weight excluding hydrogens is 250 g/mol. The number of nitrogens with one attached hydrogen (secondary N) is 1. The van der Waals surface area contributed by atoms with Crippen LogP contribution in [0.1, 0.15) is 24.5 Å². The van der Waals surface area contributed by atoms with Crippen LogP contribution >= 0.6 is 11.6 Å². The van der Waals surface area contributed by atoms with Gasteiger partial charge in [0.2, 0.25) is 0 Å². The molecule has 0 aliphatic heterocycles. The third-order valence-corrected chi connectivity index (χ3v) is 3.06. The number of aryl methyl sites for hydroxylation is 1. The second-order valence-corrected chi connectivity index (χ2v) is 4.57. The summed E-state index contributed by atoms with van der Waals surface area (Å²) in [5.74, 6) is 2.55. The molecule has 0 saturated heterocycles. The van der Waals surface area contributed by atoms with Crippen LogP contribution in [0.4, 0.5) is 5.69 Å². The lowest BCUT2D eigenvalue weighted by atomic mass is 10.2. The highest BCUT2D eigenvalue weighted by Crippen LogP contribution is 2.30. The van der Waals surface area contributed by atoms with Gasteiger partial charge in [0, 0.05) is 6.07 Å². The van der Waals surface area contributed by atoms with Gasteiger partial charge in [0.15, 0.2) is 0 Å². The van der Waals surface area contributed by atoms with Gasteiger partial charge in [-0.1, -0.05) is 11.6 Å². The van der Waals surface area contributed by atoms with Gasteiger partial charge in [-0.25, -0.2) is 0 Å². The van der Waals surface area contributed by atoms with Crippen molar-refractivity contribution < 1.29 is 9.15 Å². The topological polar surface area (TPSA) is 34.4 Å². The predicted octanol–water partition coefficient (Wildman–Crippen LogP) is 4.42. The molecule has 18 heavy (non-hydrogen) atoms. The zero-order valence-corrected chi connectivity index (χ0v) is 11.4. The number of benzene rings is 1. The lowest BCUT2D eigenvalue weighted by Crippen LogP contribution is -2.06. The van der Waals surface area contributed by atoms with E-state index in [2.05, 4.69) is 5.32 Å². The Morgan fingerprint density at radius 1 is 1.28 bits per heavy atom. The molecule has 0 bridgehead atoms. The fourth-order valence-corrected chi connectivity index (χ4v) is 1.90. The first-order valence-corrected chi connectivity index (χ1v) is 6.14. The summed E-state index contributed by atoms with van der Waals surface area (Å²) in [6.07, 6.45) is 0. The zero-order chi connectivity index (χ0) is 13.1. The van der Waals surface area contributed by atoms with Crippen LogP contribution in [0.2, 0.25) is 5.02 Å². The summed E-state index contributed by atoms with van der Waals surface area (Å²) < 4.78 is 10.8. The van der Waals surface area contributed by atoms with Gasteiger partial charge >= 0.3 is 0 Å². The number of halogens is 1. The van der Waals surface area contributed by atoms with Crippen molar-refractivity contribution in [2.75, 3.05) is 12.4 Å². The monoisotopic (exact) mass is 265 g/mol. The molecule has 1 atom stereocenters. The molecule has 0 spiro atoms. The Morgan fingerprint density at radius 2 is 2.06 bits per heavy atom. The minimum Gasteiger partial charge on any atom is -0.497 e. The Morgan fingerprint density at radius 3 is 2.67 bits per heavy atom. The number of rotatable bonds is 4. The summed E-state index contributed by atoms with van der Waals surface area (Å²) in [4.78, 5) is 0. The average Bonchev–Trinajstić information content (AvgIpc) is 2.79. The van der Waals surface area contributed by atoms with Crippen molar-refractivity contribution >= 4 is 17.3 Å². The molecule has 0 amide bonds. The lowest BCUT2D eigenvalue weighted by molar-refractivity contribution is 0.415. The summed E-state index contributed by atoms with van der Waals surface area (Å²) in [6, 6.07) is 9.46. The van der Waals surface area contributed by atoms with E-state index in [1.807, 2.05) is 44.2 Å². The van der Waals surface area contributed by atoms with Gasteiger partial charge in [0.25, 0.3) is 0 Å². The first-order valence-electron chi connectivity index (χ1n) is 5.76. The number of hydrogen-bond acceptors (Lipinski definition) is 3. The van der Waals surface area contributed by atoms with Crippen LogP contribution in [0.3, 0.4) is 0 Å². The third kappa shape index (κ3) is 2.79. The van der Waals surface area contributed by atoms with E-state index in [0.717, 1.165) is 23.0 Å². The van der Waals surface area contributed by atoms with Crippen LogP contribution in [-0.2, 0) is 0 Å².